The van der Waals surface area contributed by atoms with Gasteiger partial charge in [0, 0.05) is 26.2 Å². The summed E-state index contributed by atoms with van der Waals surface area (Å²) in [5.74, 6) is -1.12. The molecule has 0 aliphatic carbocycles. The molecule has 0 radical (unpaired) electrons. The first-order valence-electron chi connectivity index (χ1n) is 22.6. The summed E-state index contributed by atoms with van der Waals surface area (Å²) in [4.78, 5) is 56.8. The molecule has 0 spiro atoms. The highest BCUT2D eigenvalue weighted by Crippen LogP contribution is 2.06. The lowest BCUT2D eigenvalue weighted by Crippen LogP contribution is -2.44. The lowest BCUT2D eigenvalue weighted by molar-refractivity contribution is -0.145. The lowest BCUT2D eigenvalue weighted by Gasteiger charge is -2.32. The summed E-state index contributed by atoms with van der Waals surface area (Å²) >= 11 is 0. The number of carbonyl (C=O) groups is 4. The fourth-order valence-corrected chi connectivity index (χ4v) is 5.71. The third-order valence-corrected chi connectivity index (χ3v) is 9.17. The van der Waals surface area contributed by atoms with Crippen molar-refractivity contribution in [1.82, 2.24) is 14.7 Å². The Morgan fingerprint density at radius 3 is 0.828 bits per heavy atom. The number of hydrogen-bond donors (Lipinski definition) is 0. The van der Waals surface area contributed by atoms with E-state index in [1.807, 2.05) is 16.8 Å². The topological polar surface area (TPSA) is 115 Å². The van der Waals surface area contributed by atoms with Crippen LogP contribution >= 0.6 is 0 Å². The Bertz CT molecular complexity index is 973. The van der Waals surface area contributed by atoms with Crippen molar-refractivity contribution in [3.05, 3.63) is 48.6 Å². The summed E-state index contributed by atoms with van der Waals surface area (Å²) < 4.78 is 21.9. The Kier molecular flexibility index (Phi) is 39.5. The molecule has 0 aromatic carbocycles. The van der Waals surface area contributed by atoms with Crippen LogP contribution in [0, 0.1) is 0 Å². The van der Waals surface area contributed by atoms with Gasteiger partial charge in [-0.3, -0.25) is 33.9 Å². The van der Waals surface area contributed by atoms with Gasteiger partial charge in [0.05, 0.1) is 65.4 Å². The van der Waals surface area contributed by atoms with Crippen molar-refractivity contribution in [2.24, 2.45) is 0 Å². The first-order valence-corrected chi connectivity index (χ1v) is 22.6. The smallest absolute Gasteiger partial charge is 0.307 e. The minimum absolute atomic E-state index is 0.188. The molecule has 0 N–H and O–H groups in total. The number of nitrogens with zero attached hydrogens (tertiary/aromatic N) is 3. The van der Waals surface area contributed by atoms with Gasteiger partial charge >= 0.3 is 23.9 Å². The fourth-order valence-electron chi connectivity index (χ4n) is 5.71. The molecule has 0 unspecified atom stereocenters. The van der Waals surface area contributed by atoms with Gasteiger partial charge in [-0.1, -0.05) is 128 Å². The van der Waals surface area contributed by atoms with Gasteiger partial charge in [0.25, 0.3) is 0 Å². The van der Waals surface area contributed by atoms with Crippen LogP contribution in [0.1, 0.15) is 156 Å². The molecular weight excluding hydrogens is 735 g/mol. The molecule has 0 amide bonds. The minimum Gasteiger partial charge on any atom is -0.465 e. The van der Waals surface area contributed by atoms with Crippen LogP contribution in [0.15, 0.2) is 48.6 Å². The van der Waals surface area contributed by atoms with Crippen LogP contribution < -0.4 is 0 Å². The monoisotopic (exact) mass is 818 g/mol. The van der Waals surface area contributed by atoms with Crippen LogP contribution in [-0.4, -0.2) is 112 Å². The van der Waals surface area contributed by atoms with E-state index in [0.29, 0.717) is 91.6 Å². The predicted molar refractivity (Wildman–Crippen MR) is 236 cm³/mol. The molecule has 0 aromatic rings. The zero-order valence-electron chi connectivity index (χ0n) is 37.4. The van der Waals surface area contributed by atoms with Crippen LogP contribution in [0.2, 0.25) is 0 Å². The minimum atomic E-state index is -0.279. The fraction of sp³-hybridized carbons (Fsp3) is 0.745. The summed E-state index contributed by atoms with van der Waals surface area (Å²) in [7, 11) is 1.94. The predicted octanol–water partition coefficient (Wildman–Crippen LogP) is 9.72. The zero-order valence-corrected chi connectivity index (χ0v) is 37.4. The van der Waals surface area contributed by atoms with E-state index in [1.54, 1.807) is 0 Å². The molecule has 58 heavy (non-hydrogen) atoms. The van der Waals surface area contributed by atoms with Gasteiger partial charge in [-0.25, -0.2) is 0 Å². The molecule has 0 bridgehead atoms. The molecule has 0 atom stereocenters. The van der Waals surface area contributed by atoms with Gasteiger partial charge in [0.1, 0.15) is 0 Å². The van der Waals surface area contributed by atoms with E-state index in [0.717, 1.165) is 77.0 Å². The van der Waals surface area contributed by atoms with Crippen molar-refractivity contribution in [3.8, 4) is 0 Å². The molecule has 0 aromatic heterocycles. The average Bonchev–Trinajstić information content (AvgIpc) is 3.21. The van der Waals surface area contributed by atoms with Gasteiger partial charge in [-0.05, 0) is 58.4 Å². The second-order valence-electron chi connectivity index (χ2n) is 14.9. The highest BCUT2D eigenvalue weighted by Gasteiger charge is 2.18. The number of ether oxygens (including phenoxy) is 4. The van der Waals surface area contributed by atoms with Gasteiger partial charge in [0.15, 0.2) is 0 Å². The second kappa shape index (κ2) is 41.9. The molecule has 11 nitrogen and oxygen atoms in total. The van der Waals surface area contributed by atoms with Crippen LogP contribution in [0.3, 0.4) is 0 Å². The van der Waals surface area contributed by atoms with E-state index in [1.165, 1.54) is 0 Å². The Balaban J connectivity index is 5.40. The maximum atomic E-state index is 12.7. The summed E-state index contributed by atoms with van der Waals surface area (Å²) in [6, 6.07) is 0. The molecule has 11 heteroatoms. The third kappa shape index (κ3) is 38.2. The van der Waals surface area contributed by atoms with E-state index in [-0.39, 0.29) is 49.6 Å². The van der Waals surface area contributed by atoms with Crippen molar-refractivity contribution in [2.45, 2.75) is 156 Å². The molecule has 0 heterocycles. The average molecular weight is 818 g/mol. The first-order chi connectivity index (χ1) is 28.2. The molecular formula is C47H83N3O8. The maximum absolute atomic E-state index is 12.7. The maximum Gasteiger partial charge on any atom is 0.307 e. The number of allylic oxidation sites excluding steroid dienone is 4. The number of carbonyl (C=O) groups excluding carboxylic acids is 4. The van der Waals surface area contributed by atoms with Gasteiger partial charge in [-0.2, -0.15) is 0 Å². The second-order valence-corrected chi connectivity index (χ2v) is 14.9. The molecule has 334 valence electrons. The standard InChI is InChI=1S/C47H83N3O8/c1-6-10-14-18-22-26-38-55-44(51)30-34-49(35-31-45(52)56-39-27-23-19-15-11-7-2)42-48(5)43-50(36-32-46(53)57-40-28-24-20-16-12-8-3)37-33-47(54)58-41-29-25-21-17-13-9-4/h18-25H,6-17,26-43H2,1-5H3/b22-18-,23-19-,24-20-,25-21-. The van der Waals surface area contributed by atoms with E-state index in [4.69, 9.17) is 18.9 Å². The molecule has 0 aliphatic heterocycles. The summed E-state index contributed by atoms with van der Waals surface area (Å²) in [6.45, 7) is 12.5. The third-order valence-electron chi connectivity index (χ3n) is 9.17. The number of rotatable bonds is 40. The summed E-state index contributed by atoms with van der Waals surface area (Å²) in [5, 5.41) is 0. The Morgan fingerprint density at radius 2 is 0.603 bits per heavy atom. The van der Waals surface area contributed by atoms with Crippen LogP contribution in [-0.2, 0) is 38.1 Å². The van der Waals surface area contributed by atoms with Crippen LogP contribution in [0.5, 0.6) is 0 Å². The van der Waals surface area contributed by atoms with Crippen molar-refractivity contribution in [3.63, 3.8) is 0 Å². The van der Waals surface area contributed by atoms with Crippen molar-refractivity contribution >= 4 is 23.9 Å². The summed E-state index contributed by atoms with van der Waals surface area (Å²) in [6.07, 6.45) is 33.6. The largest absolute Gasteiger partial charge is 0.465 e. The van der Waals surface area contributed by atoms with Gasteiger partial charge in [0.2, 0.25) is 0 Å². The van der Waals surface area contributed by atoms with Crippen molar-refractivity contribution in [2.75, 3.05) is 73.0 Å². The highest BCUT2D eigenvalue weighted by atomic mass is 16.5. The van der Waals surface area contributed by atoms with Crippen molar-refractivity contribution in [1.29, 1.82) is 0 Å². The normalized spacial score (nSPS) is 12.0. The van der Waals surface area contributed by atoms with E-state index >= 15 is 0 Å². The van der Waals surface area contributed by atoms with E-state index in [9.17, 15) is 19.2 Å². The molecule has 0 fully saturated rings. The van der Waals surface area contributed by atoms with E-state index in [2.05, 4.69) is 81.2 Å². The van der Waals surface area contributed by atoms with Crippen molar-refractivity contribution < 1.29 is 38.1 Å². The molecule has 0 aliphatic rings. The molecule has 0 saturated carbocycles. The SMILES string of the molecule is CCCC/C=C\CCOC(=O)CCN(CCC(=O)OCC/C=C\CCCC)CN(C)CN(CCC(=O)OCC/C=C\CCCC)CCC(=O)OCC/C=C\CCCC. The Morgan fingerprint density at radius 1 is 0.379 bits per heavy atom. The Hall–Kier alpha value is -3.28. The number of hydrogen-bond acceptors (Lipinski definition) is 11. The van der Waals surface area contributed by atoms with Crippen LogP contribution in [0.25, 0.3) is 0 Å². The first kappa shape index (κ1) is 54.7. The zero-order chi connectivity index (χ0) is 42.7. The van der Waals surface area contributed by atoms with E-state index < -0.39 is 0 Å². The molecule has 0 rings (SSSR count). The quantitative estimate of drug-likeness (QED) is 0.0194. The number of esters is 4. The molecule has 0 saturated heterocycles. The lowest BCUT2D eigenvalue weighted by atomic mass is 10.2. The van der Waals surface area contributed by atoms with Gasteiger partial charge in [-0.15, -0.1) is 0 Å². The van der Waals surface area contributed by atoms with Gasteiger partial charge < -0.3 is 18.9 Å². The Labute approximate surface area is 353 Å². The summed E-state index contributed by atoms with van der Waals surface area (Å²) in [5.41, 5.74) is 0. The van der Waals surface area contributed by atoms with Crippen LogP contribution in [0.4, 0.5) is 0 Å². The number of unbranched alkanes of at least 4 members (excludes halogenated alkanes) is 8. The highest BCUT2D eigenvalue weighted by molar-refractivity contribution is 5.71.